The fourth-order valence-corrected chi connectivity index (χ4v) is 4.40. The van der Waals surface area contributed by atoms with Gasteiger partial charge in [0.2, 0.25) is 5.91 Å². The van der Waals surface area contributed by atoms with Gasteiger partial charge in [0.05, 0.1) is 0 Å². The molecule has 0 aromatic heterocycles. The second kappa shape index (κ2) is 7.57. The maximum Gasteiger partial charge on any atom is 0.253 e. The SMILES string of the molecule is Cc1ccc(C(=O)N2CCN(C(=O)C3CC34CCNCC4)CC2)cc1.Cl. The minimum atomic E-state index is 0. The van der Waals surface area contributed by atoms with Gasteiger partial charge in [-0.15, -0.1) is 12.4 Å². The van der Waals surface area contributed by atoms with Crippen LogP contribution in [0.15, 0.2) is 24.3 Å². The van der Waals surface area contributed by atoms with Crippen LogP contribution in [0.25, 0.3) is 0 Å². The van der Waals surface area contributed by atoms with Crippen LogP contribution in [0.4, 0.5) is 0 Å². The molecule has 0 bridgehead atoms. The van der Waals surface area contributed by atoms with Crippen LogP contribution in [0.1, 0.15) is 35.2 Å². The third kappa shape index (κ3) is 3.60. The van der Waals surface area contributed by atoms with Crippen molar-refractivity contribution in [1.29, 1.82) is 0 Å². The predicted molar refractivity (Wildman–Crippen MR) is 104 cm³/mol. The van der Waals surface area contributed by atoms with Crippen molar-refractivity contribution in [1.82, 2.24) is 15.1 Å². The molecule has 1 N–H and O–H groups in total. The van der Waals surface area contributed by atoms with Gasteiger partial charge in [-0.3, -0.25) is 9.59 Å². The van der Waals surface area contributed by atoms with Crippen molar-refractivity contribution in [2.45, 2.75) is 26.2 Å². The van der Waals surface area contributed by atoms with E-state index in [1.807, 2.05) is 41.0 Å². The topological polar surface area (TPSA) is 52.7 Å². The highest BCUT2D eigenvalue weighted by Crippen LogP contribution is 2.59. The molecule has 0 radical (unpaired) electrons. The van der Waals surface area contributed by atoms with Gasteiger partial charge in [0.15, 0.2) is 0 Å². The van der Waals surface area contributed by atoms with Crippen LogP contribution in [-0.2, 0) is 4.79 Å². The Kier molecular flexibility index (Phi) is 5.58. The van der Waals surface area contributed by atoms with E-state index in [1.54, 1.807) is 0 Å². The first kappa shape index (κ1) is 19.2. The van der Waals surface area contributed by atoms with E-state index in [2.05, 4.69) is 5.32 Å². The second-order valence-corrected chi connectivity index (χ2v) is 7.85. The number of nitrogens with one attached hydrogen (secondary N) is 1. The van der Waals surface area contributed by atoms with Crippen molar-refractivity contribution < 1.29 is 9.59 Å². The average molecular weight is 378 g/mol. The Morgan fingerprint density at radius 3 is 2.19 bits per heavy atom. The fourth-order valence-electron chi connectivity index (χ4n) is 4.40. The summed E-state index contributed by atoms with van der Waals surface area (Å²) in [4.78, 5) is 29.3. The van der Waals surface area contributed by atoms with Crippen molar-refractivity contribution in [3.05, 3.63) is 35.4 Å². The lowest BCUT2D eigenvalue weighted by Gasteiger charge is -2.35. The Balaban J connectivity index is 0.00000196. The summed E-state index contributed by atoms with van der Waals surface area (Å²) in [5, 5.41) is 3.39. The molecule has 2 saturated heterocycles. The van der Waals surface area contributed by atoms with Gasteiger partial charge in [-0.1, -0.05) is 17.7 Å². The highest BCUT2D eigenvalue weighted by atomic mass is 35.5. The maximum atomic E-state index is 12.8. The lowest BCUT2D eigenvalue weighted by molar-refractivity contribution is -0.135. The predicted octanol–water partition coefficient (Wildman–Crippen LogP) is 2.09. The number of hydrogen-bond donors (Lipinski definition) is 1. The lowest BCUT2D eigenvalue weighted by atomic mass is 9.91. The minimum absolute atomic E-state index is 0. The molecule has 1 atom stereocenters. The van der Waals surface area contributed by atoms with Crippen LogP contribution in [0, 0.1) is 18.3 Å². The summed E-state index contributed by atoms with van der Waals surface area (Å²) in [6, 6.07) is 7.72. The summed E-state index contributed by atoms with van der Waals surface area (Å²) >= 11 is 0. The molecule has 6 heteroatoms. The van der Waals surface area contributed by atoms with Crippen LogP contribution >= 0.6 is 12.4 Å². The quantitative estimate of drug-likeness (QED) is 0.858. The number of hydrogen-bond acceptors (Lipinski definition) is 3. The van der Waals surface area contributed by atoms with Gasteiger partial charge >= 0.3 is 0 Å². The lowest BCUT2D eigenvalue weighted by Crippen LogP contribution is -2.51. The molecule has 1 saturated carbocycles. The van der Waals surface area contributed by atoms with E-state index in [4.69, 9.17) is 0 Å². The summed E-state index contributed by atoms with van der Waals surface area (Å²) < 4.78 is 0. The number of halogens is 1. The van der Waals surface area contributed by atoms with E-state index in [1.165, 1.54) is 0 Å². The molecule has 1 aromatic rings. The Morgan fingerprint density at radius 2 is 1.58 bits per heavy atom. The van der Waals surface area contributed by atoms with E-state index in [9.17, 15) is 9.59 Å². The number of rotatable bonds is 2. The van der Waals surface area contributed by atoms with Gasteiger partial charge < -0.3 is 15.1 Å². The Hall–Kier alpha value is -1.59. The van der Waals surface area contributed by atoms with Crippen molar-refractivity contribution in [3.8, 4) is 0 Å². The number of carbonyl (C=O) groups is 2. The molecule has 1 aromatic carbocycles. The normalized spacial score (nSPS) is 24.1. The van der Waals surface area contributed by atoms with Crippen LogP contribution in [0.2, 0.25) is 0 Å². The molecule has 1 aliphatic carbocycles. The molecule has 142 valence electrons. The molecule has 5 nitrogen and oxygen atoms in total. The standard InChI is InChI=1S/C20H27N3O2.ClH/c1-15-2-4-16(5-3-15)18(24)22-10-12-23(13-11-22)19(25)17-14-20(17)6-8-21-9-7-20;/h2-5,17,21H,6-14H2,1H3;1H. The Bertz CT molecular complexity index is 662. The molecule has 3 fully saturated rings. The highest BCUT2D eigenvalue weighted by Gasteiger charge is 2.58. The maximum absolute atomic E-state index is 12.8. The average Bonchev–Trinajstić information content (AvgIpc) is 3.34. The minimum Gasteiger partial charge on any atom is -0.339 e. The summed E-state index contributed by atoms with van der Waals surface area (Å²) in [5.41, 5.74) is 2.18. The Labute approximate surface area is 161 Å². The molecule has 2 aliphatic heterocycles. The molecule has 2 amide bonds. The number of piperazine rings is 1. The van der Waals surface area contributed by atoms with Crippen LogP contribution in [0.5, 0.6) is 0 Å². The van der Waals surface area contributed by atoms with E-state index in [0.29, 0.717) is 32.1 Å². The van der Waals surface area contributed by atoms with Gasteiger partial charge in [0.1, 0.15) is 0 Å². The fraction of sp³-hybridized carbons (Fsp3) is 0.600. The molecule has 26 heavy (non-hydrogen) atoms. The van der Waals surface area contributed by atoms with E-state index in [0.717, 1.165) is 43.5 Å². The van der Waals surface area contributed by atoms with Crippen molar-refractivity contribution >= 4 is 24.2 Å². The largest absolute Gasteiger partial charge is 0.339 e. The summed E-state index contributed by atoms with van der Waals surface area (Å²) in [6.07, 6.45) is 3.33. The molecule has 4 rings (SSSR count). The first-order chi connectivity index (χ1) is 12.1. The number of carbonyl (C=O) groups excluding carboxylic acids is 2. The zero-order valence-corrected chi connectivity index (χ0v) is 16.2. The van der Waals surface area contributed by atoms with Crippen molar-refractivity contribution in [2.75, 3.05) is 39.3 Å². The third-order valence-electron chi connectivity index (χ3n) is 6.26. The van der Waals surface area contributed by atoms with E-state index < -0.39 is 0 Å². The molecule has 1 spiro atoms. The second-order valence-electron chi connectivity index (χ2n) is 7.85. The van der Waals surface area contributed by atoms with Gasteiger partial charge in [0.25, 0.3) is 5.91 Å². The third-order valence-corrected chi connectivity index (χ3v) is 6.26. The number of benzene rings is 1. The van der Waals surface area contributed by atoms with Crippen LogP contribution < -0.4 is 5.32 Å². The number of aryl methyl sites for hydroxylation is 1. The van der Waals surface area contributed by atoms with Gasteiger partial charge in [-0.25, -0.2) is 0 Å². The molecular weight excluding hydrogens is 350 g/mol. The molecular formula is C20H28ClN3O2. The molecule has 2 heterocycles. The first-order valence-electron chi connectivity index (χ1n) is 9.45. The van der Waals surface area contributed by atoms with Crippen molar-refractivity contribution in [2.24, 2.45) is 11.3 Å². The van der Waals surface area contributed by atoms with Crippen LogP contribution in [0.3, 0.4) is 0 Å². The van der Waals surface area contributed by atoms with E-state index in [-0.39, 0.29) is 29.6 Å². The highest BCUT2D eigenvalue weighted by molar-refractivity contribution is 5.94. The molecule has 1 unspecified atom stereocenters. The Morgan fingerprint density at radius 1 is 1.00 bits per heavy atom. The van der Waals surface area contributed by atoms with Gasteiger partial charge in [-0.2, -0.15) is 0 Å². The number of nitrogens with zero attached hydrogens (tertiary/aromatic N) is 2. The molecule has 3 aliphatic rings. The smallest absolute Gasteiger partial charge is 0.253 e. The van der Waals surface area contributed by atoms with Crippen molar-refractivity contribution in [3.63, 3.8) is 0 Å². The summed E-state index contributed by atoms with van der Waals surface area (Å²) in [7, 11) is 0. The van der Waals surface area contributed by atoms with Gasteiger partial charge in [-0.05, 0) is 56.8 Å². The number of amides is 2. The zero-order chi connectivity index (χ0) is 17.4. The van der Waals surface area contributed by atoms with E-state index >= 15 is 0 Å². The first-order valence-corrected chi connectivity index (χ1v) is 9.45. The van der Waals surface area contributed by atoms with Gasteiger partial charge in [0, 0.05) is 37.7 Å². The zero-order valence-electron chi connectivity index (χ0n) is 15.4. The monoisotopic (exact) mass is 377 g/mol. The number of piperidine rings is 1. The van der Waals surface area contributed by atoms with Crippen LogP contribution in [-0.4, -0.2) is 60.9 Å². The summed E-state index contributed by atoms with van der Waals surface area (Å²) in [5.74, 6) is 0.631. The summed E-state index contributed by atoms with van der Waals surface area (Å²) in [6.45, 7) is 6.72.